The minimum atomic E-state index is -3.71. The van der Waals surface area contributed by atoms with E-state index in [2.05, 4.69) is 5.32 Å². The second-order valence-electron chi connectivity index (χ2n) is 3.74. The van der Waals surface area contributed by atoms with Crippen LogP contribution in [0.5, 0.6) is 0 Å². The normalized spacial score (nSPS) is 19.4. The number of hydrogen-bond donors (Lipinski definition) is 2. The molecule has 0 aliphatic carbocycles. The summed E-state index contributed by atoms with van der Waals surface area (Å²) in [6, 6.07) is 4.44. The molecule has 1 aliphatic heterocycles. The number of benzene rings is 1. The van der Waals surface area contributed by atoms with Crippen molar-refractivity contribution in [1.82, 2.24) is 0 Å². The van der Waals surface area contributed by atoms with Crippen LogP contribution in [-0.2, 0) is 14.8 Å². The van der Waals surface area contributed by atoms with E-state index in [1.54, 1.807) is 6.07 Å². The van der Waals surface area contributed by atoms with Crippen molar-refractivity contribution < 1.29 is 13.2 Å². The van der Waals surface area contributed by atoms with E-state index in [1.807, 2.05) is 6.92 Å². The molecule has 3 N–H and O–H groups in total. The molecular formula is C10H12N2O3S. The van der Waals surface area contributed by atoms with Crippen molar-refractivity contribution >= 4 is 21.6 Å². The molecule has 6 heteroatoms. The Morgan fingerprint density at radius 3 is 2.69 bits per heavy atom. The predicted octanol–water partition coefficient (Wildman–Crippen LogP) is 0.780. The van der Waals surface area contributed by atoms with Crippen molar-refractivity contribution in [1.29, 1.82) is 0 Å². The molecule has 1 aromatic rings. The Morgan fingerprint density at radius 2 is 2.12 bits per heavy atom. The van der Waals surface area contributed by atoms with Crippen LogP contribution in [-0.4, -0.2) is 14.3 Å². The van der Waals surface area contributed by atoms with Gasteiger partial charge >= 0.3 is 0 Å². The number of nitrogens with two attached hydrogens (primary N) is 1. The van der Waals surface area contributed by atoms with Gasteiger partial charge in [0.15, 0.2) is 0 Å². The SMILES string of the molecule is CCC1C(=O)Nc2ccc(S(N)(=O)=O)cc21. The number of hydrogen-bond acceptors (Lipinski definition) is 3. The van der Waals surface area contributed by atoms with Crippen LogP contribution in [0.15, 0.2) is 23.1 Å². The third-order valence-electron chi connectivity index (χ3n) is 2.71. The van der Waals surface area contributed by atoms with Gasteiger partial charge in [0.25, 0.3) is 0 Å². The second kappa shape index (κ2) is 3.57. The first-order chi connectivity index (χ1) is 7.43. The molecule has 0 saturated heterocycles. The van der Waals surface area contributed by atoms with Crippen LogP contribution in [0.4, 0.5) is 5.69 Å². The Morgan fingerprint density at radius 1 is 1.44 bits per heavy atom. The third kappa shape index (κ3) is 1.70. The molecule has 0 radical (unpaired) electrons. The lowest BCUT2D eigenvalue weighted by molar-refractivity contribution is -0.117. The first kappa shape index (κ1) is 11.1. The lowest BCUT2D eigenvalue weighted by Gasteiger charge is -2.06. The van der Waals surface area contributed by atoms with Crippen LogP contribution < -0.4 is 10.5 Å². The van der Waals surface area contributed by atoms with E-state index < -0.39 is 10.0 Å². The quantitative estimate of drug-likeness (QED) is 0.800. The van der Waals surface area contributed by atoms with E-state index in [1.165, 1.54) is 12.1 Å². The van der Waals surface area contributed by atoms with E-state index in [4.69, 9.17) is 5.14 Å². The summed E-state index contributed by atoms with van der Waals surface area (Å²) in [6.45, 7) is 1.88. The molecule has 1 amide bonds. The van der Waals surface area contributed by atoms with Gasteiger partial charge in [0.05, 0.1) is 10.8 Å². The topological polar surface area (TPSA) is 89.3 Å². The summed E-state index contributed by atoms with van der Waals surface area (Å²) in [6.07, 6.45) is 0.632. The average Bonchev–Trinajstić information content (AvgIpc) is 2.50. The van der Waals surface area contributed by atoms with Gasteiger partial charge in [-0.1, -0.05) is 6.92 Å². The first-order valence-corrected chi connectivity index (χ1v) is 6.45. The fraction of sp³-hybridized carbons (Fsp3) is 0.300. The molecule has 0 bridgehead atoms. The highest BCUT2D eigenvalue weighted by Gasteiger charge is 2.29. The number of rotatable bonds is 2. The molecule has 0 spiro atoms. The highest BCUT2D eigenvalue weighted by atomic mass is 32.2. The maximum absolute atomic E-state index is 11.5. The summed E-state index contributed by atoms with van der Waals surface area (Å²) in [4.78, 5) is 11.6. The lowest BCUT2D eigenvalue weighted by atomic mass is 9.98. The molecule has 5 nitrogen and oxygen atoms in total. The number of anilines is 1. The van der Waals surface area contributed by atoms with E-state index >= 15 is 0 Å². The molecule has 0 saturated carbocycles. The predicted molar refractivity (Wildman–Crippen MR) is 59.5 cm³/mol. The Bertz CT molecular complexity index is 551. The molecule has 0 aromatic heterocycles. The maximum Gasteiger partial charge on any atom is 0.238 e. The van der Waals surface area contributed by atoms with Crippen molar-refractivity contribution in [3.63, 3.8) is 0 Å². The number of carbonyl (C=O) groups is 1. The van der Waals surface area contributed by atoms with Crippen LogP contribution >= 0.6 is 0 Å². The van der Waals surface area contributed by atoms with Crippen molar-refractivity contribution in [2.45, 2.75) is 24.2 Å². The van der Waals surface area contributed by atoms with E-state index in [9.17, 15) is 13.2 Å². The van der Waals surface area contributed by atoms with E-state index in [-0.39, 0.29) is 16.7 Å². The summed E-state index contributed by atoms with van der Waals surface area (Å²) in [5.41, 5.74) is 1.38. The van der Waals surface area contributed by atoms with Gasteiger partial charge in [0, 0.05) is 5.69 Å². The number of carbonyl (C=O) groups excluding carboxylic acids is 1. The molecule has 2 rings (SSSR count). The Balaban J connectivity index is 2.56. The summed E-state index contributed by atoms with van der Waals surface area (Å²) in [5.74, 6) is -0.374. The Hall–Kier alpha value is -1.40. The van der Waals surface area contributed by atoms with Gasteiger partial charge in [-0.2, -0.15) is 0 Å². The zero-order chi connectivity index (χ0) is 11.9. The highest BCUT2D eigenvalue weighted by molar-refractivity contribution is 7.89. The monoisotopic (exact) mass is 240 g/mol. The number of sulfonamides is 1. The van der Waals surface area contributed by atoms with Gasteiger partial charge in [0.2, 0.25) is 15.9 Å². The fourth-order valence-electron chi connectivity index (χ4n) is 1.89. The Kier molecular flexibility index (Phi) is 2.47. The highest BCUT2D eigenvalue weighted by Crippen LogP contribution is 2.35. The molecule has 86 valence electrons. The Labute approximate surface area is 93.7 Å². The number of primary sulfonamides is 1. The van der Waals surface area contributed by atoms with Crippen molar-refractivity contribution in [3.05, 3.63) is 23.8 Å². The van der Waals surface area contributed by atoms with Gasteiger partial charge in [-0.05, 0) is 30.2 Å². The molecule has 16 heavy (non-hydrogen) atoms. The zero-order valence-corrected chi connectivity index (χ0v) is 9.54. The summed E-state index contributed by atoms with van der Waals surface area (Å²) in [5, 5.41) is 7.74. The van der Waals surface area contributed by atoms with Gasteiger partial charge in [-0.3, -0.25) is 4.79 Å². The molecule has 1 atom stereocenters. The summed E-state index contributed by atoms with van der Waals surface area (Å²) >= 11 is 0. The van der Waals surface area contributed by atoms with Crippen LogP contribution in [0.25, 0.3) is 0 Å². The van der Waals surface area contributed by atoms with Crippen molar-refractivity contribution in [2.24, 2.45) is 5.14 Å². The van der Waals surface area contributed by atoms with Crippen molar-refractivity contribution in [3.8, 4) is 0 Å². The molecule has 1 aliphatic rings. The standard InChI is InChI=1S/C10H12N2O3S/c1-2-7-8-5-6(16(11,14)15)3-4-9(8)12-10(7)13/h3-5,7H,2H2,1H3,(H,12,13)(H2,11,14,15). The average molecular weight is 240 g/mol. The second-order valence-corrected chi connectivity index (χ2v) is 5.31. The largest absolute Gasteiger partial charge is 0.325 e. The van der Waals surface area contributed by atoms with E-state index in [0.717, 1.165) is 0 Å². The van der Waals surface area contributed by atoms with Crippen LogP contribution in [0.1, 0.15) is 24.8 Å². The van der Waals surface area contributed by atoms with Gasteiger partial charge in [-0.15, -0.1) is 0 Å². The molecular weight excluding hydrogens is 228 g/mol. The minimum Gasteiger partial charge on any atom is -0.325 e. The number of amides is 1. The van der Waals surface area contributed by atoms with Gasteiger partial charge < -0.3 is 5.32 Å². The minimum absolute atomic E-state index is 0.0428. The number of fused-ring (bicyclic) bond motifs is 1. The third-order valence-corrected chi connectivity index (χ3v) is 3.62. The number of nitrogens with one attached hydrogen (secondary N) is 1. The smallest absolute Gasteiger partial charge is 0.238 e. The molecule has 1 heterocycles. The van der Waals surface area contributed by atoms with Gasteiger partial charge in [-0.25, -0.2) is 13.6 Å². The first-order valence-electron chi connectivity index (χ1n) is 4.91. The molecule has 1 unspecified atom stereocenters. The zero-order valence-electron chi connectivity index (χ0n) is 8.73. The molecule has 0 fully saturated rings. The van der Waals surface area contributed by atoms with Crippen LogP contribution in [0.3, 0.4) is 0 Å². The van der Waals surface area contributed by atoms with Crippen LogP contribution in [0, 0.1) is 0 Å². The van der Waals surface area contributed by atoms with Crippen molar-refractivity contribution in [2.75, 3.05) is 5.32 Å². The molecule has 1 aromatic carbocycles. The lowest BCUT2D eigenvalue weighted by Crippen LogP contribution is -2.12. The summed E-state index contributed by atoms with van der Waals surface area (Å²) in [7, 11) is -3.71. The van der Waals surface area contributed by atoms with Gasteiger partial charge in [0.1, 0.15) is 0 Å². The fourth-order valence-corrected chi connectivity index (χ4v) is 2.44. The van der Waals surface area contributed by atoms with Crippen LogP contribution in [0.2, 0.25) is 0 Å². The maximum atomic E-state index is 11.5. The van der Waals surface area contributed by atoms with E-state index in [0.29, 0.717) is 17.7 Å². The summed E-state index contributed by atoms with van der Waals surface area (Å²) < 4.78 is 22.4.